The van der Waals surface area contributed by atoms with E-state index in [0.29, 0.717) is 0 Å². The molecule has 0 saturated carbocycles. The number of nitrogens with one attached hydrogen (secondary N) is 1. The first-order valence-corrected chi connectivity index (χ1v) is 5.75. The molecule has 0 bridgehead atoms. The van der Waals surface area contributed by atoms with Crippen LogP contribution in [0.5, 0.6) is 5.75 Å². The lowest BCUT2D eigenvalue weighted by Gasteiger charge is -2.00. The van der Waals surface area contributed by atoms with Crippen molar-refractivity contribution in [1.82, 2.24) is 10.2 Å². The Hall–Kier alpha value is -0.0500. The van der Waals surface area contributed by atoms with Crippen molar-refractivity contribution in [2.24, 2.45) is 0 Å². The molecule has 0 aliphatic carbocycles. The Morgan fingerprint density at radius 1 is 1.38 bits per heavy atom. The summed E-state index contributed by atoms with van der Waals surface area (Å²) in [5, 5.41) is 8.28. The van der Waals surface area contributed by atoms with Crippen molar-refractivity contribution < 1.29 is 4.74 Å². The number of hydrogen-bond acceptors (Lipinski definition) is 2. The summed E-state index contributed by atoms with van der Waals surface area (Å²) in [6.45, 7) is 0. The van der Waals surface area contributed by atoms with Gasteiger partial charge in [-0.05, 0) is 51.2 Å². The molecule has 13 heavy (non-hydrogen) atoms. The van der Waals surface area contributed by atoms with Gasteiger partial charge in [-0.2, -0.15) is 5.10 Å². The van der Waals surface area contributed by atoms with Crippen LogP contribution in [0, 0.1) is 7.27 Å². The molecule has 1 N–H and O–H groups in total. The molecule has 0 atom stereocenters. The first kappa shape index (κ1) is 9.50. The Balaban J connectivity index is 2.79. The number of hydrogen-bond donors (Lipinski definition) is 1. The number of fused-ring (bicyclic) bond motifs is 1. The largest absolute Gasteiger partial charge is 0.497 e. The van der Waals surface area contributed by atoms with Crippen molar-refractivity contribution in [2.75, 3.05) is 7.11 Å². The lowest BCUT2D eigenvalue weighted by molar-refractivity contribution is 0.415. The van der Waals surface area contributed by atoms with Gasteiger partial charge in [-0.15, -0.1) is 0 Å². The number of methoxy groups -OCH3 is 1. The van der Waals surface area contributed by atoms with E-state index >= 15 is 0 Å². The number of aromatic nitrogens is 2. The van der Waals surface area contributed by atoms with Gasteiger partial charge < -0.3 is 4.74 Å². The predicted octanol–water partition coefficient (Wildman–Crippen LogP) is 2.78. The Labute approximate surface area is 103 Å². The highest BCUT2D eigenvalue weighted by Crippen LogP contribution is 2.28. The molecule has 0 amide bonds. The summed E-state index contributed by atoms with van der Waals surface area (Å²) in [5.41, 5.74) is 0.952. The topological polar surface area (TPSA) is 37.9 Å². The molecule has 5 heteroatoms. The molecule has 0 fully saturated rings. The molecule has 0 saturated heterocycles. The second-order valence-electron chi connectivity index (χ2n) is 2.54. The maximum absolute atomic E-state index is 5.15. The summed E-state index contributed by atoms with van der Waals surface area (Å²) < 4.78 is 7.38. The van der Waals surface area contributed by atoms with E-state index < -0.39 is 0 Å². The molecule has 3 nitrogen and oxygen atoms in total. The van der Waals surface area contributed by atoms with Crippen LogP contribution in [0.15, 0.2) is 12.1 Å². The summed E-state index contributed by atoms with van der Waals surface area (Å²) in [6.07, 6.45) is 0. The van der Waals surface area contributed by atoms with Crippen molar-refractivity contribution in [3.05, 3.63) is 19.4 Å². The number of halogens is 2. The fourth-order valence-electron chi connectivity index (χ4n) is 1.16. The van der Waals surface area contributed by atoms with Gasteiger partial charge in [0.25, 0.3) is 0 Å². The number of aromatic amines is 1. The quantitative estimate of drug-likeness (QED) is 0.749. The Morgan fingerprint density at radius 2 is 2.15 bits per heavy atom. The van der Waals surface area contributed by atoms with Crippen LogP contribution in [0.2, 0.25) is 0 Å². The highest BCUT2D eigenvalue weighted by molar-refractivity contribution is 14.1. The summed E-state index contributed by atoms with van der Waals surface area (Å²) in [7, 11) is 1.66. The van der Waals surface area contributed by atoms with E-state index in [1.165, 1.54) is 5.39 Å². The van der Waals surface area contributed by atoms with Crippen molar-refractivity contribution in [3.8, 4) is 5.75 Å². The molecule has 0 aliphatic heterocycles. The molecule has 0 radical (unpaired) electrons. The van der Waals surface area contributed by atoms with E-state index in [4.69, 9.17) is 4.74 Å². The molecule has 1 aromatic heterocycles. The van der Waals surface area contributed by atoms with Crippen LogP contribution >= 0.6 is 45.2 Å². The number of H-pyrrole nitrogens is 1. The number of ether oxygens (including phenoxy) is 1. The van der Waals surface area contributed by atoms with Gasteiger partial charge in [0.05, 0.1) is 12.6 Å². The maximum Gasteiger partial charge on any atom is 0.122 e. The number of nitrogens with zero attached hydrogens (tertiary/aromatic N) is 1. The number of benzene rings is 1. The average Bonchev–Trinajstić information content (AvgIpc) is 2.48. The van der Waals surface area contributed by atoms with Crippen molar-refractivity contribution in [1.29, 1.82) is 0 Å². The minimum Gasteiger partial charge on any atom is -0.497 e. The van der Waals surface area contributed by atoms with Crippen LogP contribution in [0.1, 0.15) is 0 Å². The molecule has 68 valence electrons. The molecular weight excluding hydrogens is 394 g/mol. The summed E-state index contributed by atoms with van der Waals surface area (Å²) in [5.74, 6) is 0.847. The van der Waals surface area contributed by atoms with Gasteiger partial charge in [0.2, 0.25) is 0 Å². The molecular formula is C8H6I2N2O. The maximum atomic E-state index is 5.15. The Bertz CT molecular complexity index is 453. The van der Waals surface area contributed by atoms with Crippen LogP contribution in [-0.2, 0) is 0 Å². The van der Waals surface area contributed by atoms with Gasteiger partial charge in [-0.3, -0.25) is 5.10 Å². The minimum atomic E-state index is 0.847. The van der Waals surface area contributed by atoms with Crippen molar-refractivity contribution in [2.45, 2.75) is 0 Å². The first-order chi connectivity index (χ1) is 6.22. The monoisotopic (exact) mass is 400 g/mol. The molecule has 2 rings (SSSR count). The Morgan fingerprint density at radius 3 is 2.85 bits per heavy atom. The Kier molecular flexibility index (Phi) is 2.63. The van der Waals surface area contributed by atoms with Crippen LogP contribution in [-0.4, -0.2) is 17.3 Å². The third kappa shape index (κ3) is 1.63. The molecule has 0 aliphatic rings. The SMILES string of the molecule is COc1cc(I)c2c(I)[nH]nc2c1. The van der Waals surface area contributed by atoms with E-state index in [0.717, 1.165) is 18.5 Å². The zero-order chi connectivity index (χ0) is 9.42. The third-order valence-corrected chi connectivity index (χ3v) is 3.40. The number of rotatable bonds is 1. The lowest BCUT2D eigenvalue weighted by atomic mass is 10.2. The second kappa shape index (κ2) is 3.60. The van der Waals surface area contributed by atoms with Crippen molar-refractivity contribution >= 4 is 56.1 Å². The summed E-state index contributed by atoms with van der Waals surface area (Å²) >= 11 is 4.52. The van der Waals surface area contributed by atoms with Crippen LogP contribution in [0.25, 0.3) is 10.9 Å². The minimum absolute atomic E-state index is 0.847. The average molecular weight is 400 g/mol. The molecule has 2 aromatic rings. The van der Waals surface area contributed by atoms with E-state index in [1.807, 2.05) is 12.1 Å². The molecule has 1 aromatic carbocycles. The zero-order valence-corrected chi connectivity index (χ0v) is 11.1. The fourth-order valence-corrected chi connectivity index (χ4v) is 3.21. The fraction of sp³-hybridized carbons (Fsp3) is 0.125. The van der Waals surface area contributed by atoms with E-state index in [2.05, 4.69) is 55.4 Å². The molecule has 0 spiro atoms. The van der Waals surface area contributed by atoms with E-state index in [1.54, 1.807) is 7.11 Å². The molecule has 1 heterocycles. The second-order valence-corrected chi connectivity index (χ2v) is 4.78. The van der Waals surface area contributed by atoms with E-state index in [-0.39, 0.29) is 0 Å². The lowest BCUT2D eigenvalue weighted by Crippen LogP contribution is -1.84. The summed E-state index contributed by atoms with van der Waals surface area (Å²) in [6, 6.07) is 3.93. The van der Waals surface area contributed by atoms with E-state index in [9.17, 15) is 0 Å². The predicted molar refractivity (Wildman–Crippen MR) is 68.1 cm³/mol. The van der Waals surface area contributed by atoms with Gasteiger partial charge in [-0.1, -0.05) is 0 Å². The summed E-state index contributed by atoms with van der Waals surface area (Å²) in [4.78, 5) is 0. The van der Waals surface area contributed by atoms with Crippen LogP contribution in [0.4, 0.5) is 0 Å². The molecule has 0 unspecified atom stereocenters. The van der Waals surface area contributed by atoms with Gasteiger partial charge in [0.15, 0.2) is 0 Å². The standard InChI is InChI=1S/C8H6I2N2O/c1-13-4-2-5(9)7-6(3-4)11-12-8(7)10/h2-3H,1H3,(H,11,12). The first-order valence-electron chi connectivity index (χ1n) is 3.59. The van der Waals surface area contributed by atoms with Gasteiger partial charge >= 0.3 is 0 Å². The third-order valence-electron chi connectivity index (χ3n) is 1.77. The van der Waals surface area contributed by atoms with Crippen LogP contribution < -0.4 is 4.74 Å². The van der Waals surface area contributed by atoms with Gasteiger partial charge in [0, 0.05) is 15.0 Å². The zero-order valence-electron chi connectivity index (χ0n) is 6.77. The smallest absolute Gasteiger partial charge is 0.122 e. The van der Waals surface area contributed by atoms with Gasteiger partial charge in [0.1, 0.15) is 9.45 Å². The van der Waals surface area contributed by atoms with Crippen LogP contribution in [0.3, 0.4) is 0 Å². The van der Waals surface area contributed by atoms with Gasteiger partial charge in [-0.25, -0.2) is 0 Å². The van der Waals surface area contributed by atoms with Crippen molar-refractivity contribution in [3.63, 3.8) is 0 Å². The normalized spacial score (nSPS) is 10.7. The highest BCUT2D eigenvalue weighted by Gasteiger charge is 2.08. The highest BCUT2D eigenvalue weighted by atomic mass is 127.